The molecule has 0 fully saturated rings. The molecule has 7 heteroatoms. The lowest BCUT2D eigenvalue weighted by molar-refractivity contribution is -0.385. The van der Waals surface area contributed by atoms with Crippen LogP contribution in [0.15, 0.2) is 48.5 Å². The molecule has 0 atom stereocenters. The van der Waals surface area contributed by atoms with Crippen LogP contribution in [-0.4, -0.2) is 24.6 Å². The van der Waals surface area contributed by atoms with Crippen LogP contribution in [0.4, 0.5) is 5.69 Å². The van der Waals surface area contributed by atoms with E-state index in [0.717, 1.165) is 5.56 Å². The van der Waals surface area contributed by atoms with Gasteiger partial charge in [-0.05, 0) is 36.8 Å². The van der Waals surface area contributed by atoms with Gasteiger partial charge in [0.2, 0.25) is 0 Å². The van der Waals surface area contributed by atoms with Gasteiger partial charge in [0.15, 0.2) is 11.5 Å². The summed E-state index contributed by atoms with van der Waals surface area (Å²) >= 11 is 0. The monoisotopic (exact) mass is 357 g/mol. The smallest absolute Gasteiger partial charge is 0.331 e. The van der Waals surface area contributed by atoms with Crippen molar-refractivity contribution >= 4 is 17.7 Å². The average molecular weight is 357 g/mol. The van der Waals surface area contributed by atoms with Gasteiger partial charge in [0.25, 0.3) is 5.69 Å². The van der Waals surface area contributed by atoms with Crippen molar-refractivity contribution in [2.24, 2.45) is 0 Å². The summed E-state index contributed by atoms with van der Waals surface area (Å²) in [6.45, 7) is 2.22. The molecule has 7 nitrogen and oxygen atoms in total. The van der Waals surface area contributed by atoms with Crippen LogP contribution in [0.5, 0.6) is 11.5 Å². The maximum absolute atomic E-state index is 11.9. The van der Waals surface area contributed by atoms with Gasteiger partial charge in [0, 0.05) is 12.1 Å². The minimum atomic E-state index is -0.601. The summed E-state index contributed by atoms with van der Waals surface area (Å²) in [5.74, 6) is 0.574. The minimum absolute atomic E-state index is 0.0828. The molecule has 0 N–H and O–H groups in total. The highest BCUT2D eigenvalue weighted by molar-refractivity contribution is 5.87. The molecular weight excluding hydrogens is 338 g/mol. The standard InChI is InChI=1S/C19H19NO6/c1-3-25-17-10-8-14(12-18(17)24-2)9-11-19(21)26-13-15-6-4-5-7-16(15)20(22)23/h4-12H,3,13H2,1-2H3/b11-9+. The van der Waals surface area contributed by atoms with Crippen molar-refractivity contribution in [3.8, 4) is 11.5 Å². The Morgan fingerprint density at radius 3 is 2.65 bits per heavy atom. The van der Waals surface area contributed by atoms with E-state index in [9.17, 15) is 14.9 Å². The third kappa shape index (κ3) is 5.07. The fraction of sp³-hybridized carbons (Fsp3) is 0.211. The lowest BCUT2D eigenvalue weighted by atomic mass is 10.2. The molecule has 2 aromatic rings. The third-order valence-corrected chi connectivity index (χ3v) is 3.46. The minimum Gasteiger partial charge on any atom is -0.493 e. The SMILES string of the molecule is CCOc1ccc(/C=C/C(=O)OCc2ccccc2[N+](=O)[O-])cc1OC. The van der Waals surface area contributed by atoms with E-state index in [-0.39, 0.29) is 12.3 Å². The Labute approximate surface area is 151 Å². The first kappa shape index (κ1) is 19.0. The molecule has 0 unspecified atom stereocenters. The van der Waals surface area contributed by atoms with E-state index < -0.39 is 10.9 Å². The van der Waals surface area contributed by atoms with Gasteiger partial charge in [-0.2, -0.15) is 0 Å². The van der Waals surface area contributed by atoms with Gasteiger partial charge >= 0.3 is 5.97 Å². The second-order valence-corrected chi connectivity index (χ2v) is 5.17. The van der Waals surface area contributed by atoms with Crippen LogP contribution in [0.3, 0.4) is 0 Å². The van der Waals surface area contributed by atoms with Crippen LogP contribution in [0.2, 0.25) is 0 Å². The quantitative estimate of drug-likeness (QED) is 0.309. The number of methoxy groups -OCH3 is 1. The molecule has 0 aromatic heterocycles. The first-order valence-electron chi connectivity index (χ1n) is 7.93. The van der Waals surface area contributed by atoms with Crippen LogP contribution >= 0.6 is 0 Å². The Hall–Kier alpha value is -3.35. The molecule has 0 spiro atoms. The number of nitrogens with zero attached hydrogens (tertiary/aromatic N) is 1. The van der Waals surface area contributed by atoms with E-state index in [1.807, 2.05) is 6.92 Å². The van der Waals surface area contributed by atoms with E-state index in [2.05, 4.69) is 0 Å². The highest BCUT2D eigenvalue weighted by atomic mass is 16.6. The molecule has 0 amide bonds. The number of hydrogen-bond donors (Lipinski definition) is 0. The maximum Gasteiger partial charge on any atom is 0.331 e. The van der Waals surface area contributed by atoms with Crippen molar-refractivity contribution in [1.82, 2.24) is 0 Å². The number of rotatable bonds is 8. The number of para-hydroxylation sites is 1. The van der Waals surface area contributed by atoms with Gasteiger partial charge in [-0.25, -0.2) is 4.79 Å². The highest BCUT2D eigenvalue weighted by Gasteiger charge is 2.13. The molecule has 0 heterocycles. The Morgan fingerprint density at radius 1 is 1.19 bits per heavy atom. The van der Waals surface area contributed by atoms with Crippen LogP contribution in [-0.2, 0) is 16.1 Å². The van der Waals surface area contributed by atoms with Crippen molar-refractivity contribution in [2.45, 2.75) is 13.5 Å². The number of benzene rings is 2. The fourth-order valence-corrected chi connectivity index (χ4v) is 2.23. The summed E-state index contributed by atoms with van der Waals surface area (Å²) in [5, 5.41) is 10.9. The molecule has 26 heavy (non-hydrogen) atoms. The Bertz CT molecular complexity index is 815. The molecule has 0 aliphatic rings. The molecular formula is C19H19NO6. The molecule has 0 radical (unpaired) electrons. The summed E-state index contributed by atoms with van der Waals surface area (Å²) in [6.07, 6.45) is 2.82. The number of hydrogen-bond acceptors (Lipinski definition) is 6. The first-order valence-corrected chi connectivity index (χ1v) is 7.93. The molecule has 0 aliphatic heterocycles. The lowest BCUT2D eigenvalue weighted by Crippen LogP contribution is -2.03. The number of esters is 1. The second kappa shape index (κ2) is 9.22. The summed E-state index contributed by atoms with van der Waals surface area (Å²) in [5.41, 5.74) is 0.982. The van der Waals surface area contributed by atoms with Gasteiger partial charge < -0.3 is 14.2 Å². The van der Waals surface area contributed by atoms with Gasteiger partial charge in [-0.1, -0.05) is 18.2 Å². The topological polar surface area (TPSA) is 87.9 Å². The van der Waals surface area contributed by atoms with E-state index >= 15 is 0 Å². The van der Waals surface area contributed by atoms with Crippen LogP contribution in [0.25, 0.3) is 6.08 Å². The lowest BCUT2D eigenvalue weighted by Gasteiger charge is -2.09. The predicted molar refractivity (Wildman–Crippen MR) is 96.1 cm³/mol. The summed E-state index contributed by atoms with van der Waals surface area (Å²) in [6, 6.07) is 11.4. The Morgan fingerprint density at radius 2 is 1.96 bits per heavy atom. The number of carbonyl (C=O) groups is 1. The van der Waals surface area contributed by atoms with Gasteiger partial charge in [-0.3, -0.25) is 10.1 Å². The molecule has 136 valence electrons. The largest absolute Gasteiger partial charge is 0.493 e. The van der Waals surface area contributed by atoms with Crippen molar-refractivity contribution in [2.75, 3.05) is 13.7 Å². The number of ether oxygens (including phenoxy) is 3. The van der Waals surface area contributed by atoms with Crippen molar-refractivity contribution in [1.29, 1.82) is 0 Å². The fourth-order valence-electron chi connectivity index (χ4n) is 2.23. The third-order valence-electron chi connectivity index (χ3n) is 3.46. The van der Waals surface area contributed by atoms with E-state index in [4.69, 9.17) is 14.2 Å². The zero-order valence-electron chi connectivity index (χ0n) is 14.5. The maximum atomic E-state index is 11.9. The van der Waals surface area contributed by atoms with Crippen LogP contribution in [0.1, 0.15) is 18.1 Å². The van der Waals surface area contributed by atoms with Crippen LogP contribution in [0, 0.1) is 10.1 Å². The van der Waals surface area contributed by atoms with E-state index in [0.29, 0.717) is 23.7 Å². The molecule has 0 saturated carbocycles. The average Bonchev–Trinajstić information content (AvgIpc) is 2.65. The number of nitro groups is 1. The van der Waals surface area contributed by atoms with Gasteiger partial charge in [-0.15, -0.1) is 0 Å². The second-order valence-electron chi connectivity index (χ2n) is 5.17. The number of nitro benzene ring substituents is 1. The van der Waals surface area contributed by atoms with E-state index in [1.165, 1.54) is 19.3 Å². The summed E-state index contributed by atoms with van der Waals surface area (Å²) in [7, 11) is 1.53. The van der Waals surface area contributed by atoms with Crippen molar-refractivity contribution in [3.63, 3.8) is 0 Å². The van der Waals surface area contributed by atoms with Crippen LogP contribution < -0.4 is 9.47 Å². The van der Waals surface area contributed by atoms with E-state index in [1.54, 1.807) is 42.5 Å². The van der Waals surface area contributed by atoms with Gasteiger partial charge in [0.05, 0.1) is 24.2 Å². The summed E-state index contributed by atoms with van der Waals surface area (Å²) in [4.78, 5) is 22.3. The van der Waals surface area contributed by atoms with Gasteiger partial charge in [0.1, 0.15) is 6.61 Å². The predicted octanol–water partition coefficient (Wildman–Crippen LogP) is 3.76. The Kier molecular flexibility index (Phi) is 6.73. The highest BCUT2D eigenvalue weighted by Crippen LogP contribution is 2.28. The first-order chi connectivity index (χ1) is 12.5. The zero-order chi connectivity index (χ0) is 18.9. The zero-order valence-corrected chi connectivity index (χ0v) is 14.5. The van der Waals surface area contributed by atoms with Crippen molar-refractivity contribution < 1.29 is 23.9 Å². The molecule has 0 bridgehead atoms. The Balaban J connectivity index is 2.01. The normalized spacial score (nSPS) is 10.5. The molecule has 0 saturated heterocycles. The molecule has 2 aromatic carbocycles. The molecule has 2 rings (SSSR count). The van der Waals surface area contributed by atoms with Crippen molar-refractivity contribution in [3.05, 3.63) is 69.8 Å². The summed E-state index contributed by atoms with van der Waals surface area (Å²) < 4.78 is 15.8. The number of carbonyl (C=O) groups excluding carboxylic acids is 1. The molecule has 0 aliphatic carbocycles.